The van der Waals surface area contributed by atoms with Crippen molar-refractivity contribution in [3.8, 4) is 0 Å². The van der Waals surface area contributed by atoms with Crippen LogP contribution in [0.15, 0.2) is 29.2 Å². The van der Waals surface area contributed by atoms with Gasteiger partial charge in [-0.25, -0.2) is 8.42 Å². The van der Waals surface area contributed by atoms with E-state index in [1.807, 2.05) is 9.80 Å². The molecule has 0 aromatic heterocycles. The molecule has 2 aliphatic heterocycles. The molecule has 2 saturated heterocycles. The fourth-order valence-electron chi connectivity index (χ4n) is 3.36. The van der Waals surface area contributed by atoms with E-state index in [0.717, 1.165) is 25.9 Å². The molecule has 0 atom stereocenters. The molecule has 2 heterocycles. The van der Waals surface area contributed by atoms with Crippen LogP contribution >= 0.6 is 11.6 Å². The maximum atomic E-state index is 12.7. The summed E-state index contributed by atoms with van der Waals surface area (Å²) in [5.41, 5.74) is 0. The summed E-state index contributed by atoms with van der Waals surface area (Å²) in [5, 5.41) is 0.241. The minimum Gasteiger partial charge on any atom is -0.342 e. The van der Waals surface area contributed by atoms with Crippen LogP contribution in [0, 0.1) is 0 Å². The fraction of sp³-hybridized carbons (Fsp3) is 0.588. The average molecular weight is 386 g/mol. The van der Waals surface area contributed by atoms with Crippen molar-refractivity contribution >= 4 is 27.5 Å². The molecule has 1 amide bonds. The van der Waals surface area contributed by atoms with Crippen LogP contribution in [0.3, 0.4) is 0 Å². The maximum absolute atomic E-state index is 12.7. The van der Waals surface area contributed by atoms with Crippen LogP contribution in [0.1, 0.15) is 19.3 Å². The molecule has 138 valence electrons. The lowest BCUT2D eigenvalue weighted by molar-refractivity contribution is -0.133. The molecule has 6 nitrogen and oxygen atoms in total. The topological polar surface area (TPSA) is 60.9 Å². The average Bonchev–Trinajstić information content (AvgIpc) is 2.63. The zero-order chi connectivity index (χ0) is 17.9. The molecule has 0 saturated carbocycles. The fourth-order valence-corrected chi connectivity index (χ4v) is 5.27. The normalized spacial score (nSPS) is 20.6. The second-order valence-electron chi connectivity index (χ2n) is 6.55. The first kappa shape index (κ1) is 18.6. The first-order valence-corrected chi connectivity index (χ1v) is 10.5. The number of sulfonamides is 1. The Balaban J connectivity index is 1.56. The third kappa shape index (κ3) is 4.34. The van der Waals surface area contributed by atoms with Gasteiger partial charge in [0.2, 0.25) is 15.9 Å². The van der Waals surface area contributed by atoms with Crippen molar-refractivity contribution < 1.29 is 13.2 Å². The van der Waals surface area contributed by atoms with Crippen LogP contribution in [0.5, 0.6) is 0 Å². The van der Waals surface area contributed by atoms with E-state index in [1.54, 1.807) is 18.2 Å². The zero-order valence-electron chi connectivity index (χ0n) is 14.2. The maximum Gasteiger partial charge on any atom is 0.244 e. The zero-order valence-corrected chi connectivity index (χ0v) is 15.8. The molecule has 0 aliphatic carbocycles. The van der Waals surface area contributed by atoms with E-state index in [4.69, 9.17) is 11.6 Å². The van der Waals surface area contributed by atoms with Gasteiger partial charge in [0.1, 0.15) is 4.90 Å². The van der Waals surface area contributed by atoms with Gasteiger partial charge >= 0.3 is 0 Å². The number of piperidine rings is 1. The Bertz CT molecular complexity index is 712. The molecule has 8 heteroatoms. The van der Waals surface area contributed by atoms with E-state index in [9.17, 15) is 13.2 Å². The summed E-state index contributed by atoms with van der Waals surface area (Å²) >= 11 is 6.05. The van der Waals surface area contributed by atoms with Crippen molar-refractivity contribution in [2.75, 3.05) is 45.8 Å². The lowest BCUT2D eigenvalue weighted by atomic mass is 10.1. The van der Waals surface area contributed by atoms with Crippen molar-refractivity contribution in [3.05, 3.63) is 29.3 Å². The molecule has 0 unspecified atom stereocenters. The number of likely N-dealkylation sites (tertiary alicyclic amines) is 1. The summed E-state index contributed by atoms with van der Waals surface area (Å²) in [6.45, 7) is 3.94. The molecular formula is C17H24ClN3O3S. The van der Waals surface area contributed by atoms with Gasteiger partial charge in [-0.2, -0.15) is 4.31 Å². The van der Waals surface area contributed by atoms with Gasteiger partial charge in [0, 0.05) is 39.3 Å². The Morgan fingerprint density at radius 2 is 1.60 bits per heavy atom. The highest BCUT2D eigenvalue weighted by molar-refractivity contribution is 7.89. The van der Waals surface area contributed by atoms with Gasteiger partial charge in [-0.05, 0) is 31.4 Å². The highest BCUT2D eigenvalue weighted by Gasteiger charge is 2.31. The summed E-state index contributed by atoms with van der Waals surface area (Å²) in [5.74, 6) is 0.155. The molecule has 0 radical (unpaired) electrons. The third-order valence-corrected chi connectivity index (χ3v) is 7.25. The number of amides is 1. The minimum atomic E-state index is -3.59. The van der Waals surface area contributed by atoms with Gasteiger partial charge in [0.15, 0.2) is 0 Å². The Kier molecular flexibility index (Phi) is 5.99. The predicted molar refractivity (Wildman–Crippen MR) is 97.1 cm³/mol. The summed E-state index contributed by atoms with van der Waals surface area (Å²) in [6, 6.07) is 6.50. The van der Waals surface area contributed by atoms with Crippen molar-refractivity contribution in [1.82, 2.24) is 14.1 Å². The van der Waals surface area contributed by atoms with Crippen LogP contribution in [0.2, 0.25) is 5.02 Å². The highest BCUT2D eigenvalue weighted by Crippen LogP contribution is 2.25. The summed E-state index contributed by atoms with van der Waals surface area (Å²) in [6.07, 6.45) is 3.35. The summed E-state index contributed by atoms with van der Waals surface area (Å²) < 4.78 is 26.9. The number of nitrogens with zero attached hydrogens (tertiary/aromatic N) is 3. The number of rotatable bonds is 4. The van der Waals surface area contributed by atoms with Crippen LogP contribution in [-0.4, -0.2) is 74.2 Å². The molecule has 0 N–H and O–H groups in total. The molecular weight excluding hydrogens is 362 g/mol. The van der Waals surface area contributed by atoms with E-state index >= 15 is 0 Å². The Morgan fingerprint density at radius 1 is 0.960 bits per heavy atom. The van der Waals surface area contributed by atoms with E-state index in [1.165, 1.54) is 16.8 Å². The quantitative estimate of drug-likeness (QED) is 0.790. The number of carbonyl (C=O) groups is 1. The van der Waals surface area contributed by atoms with Crippen LogP contribution in [-0.2, 0) is 14.8 Å². The number of benzene rings is 1. The highest BCUT2D eigenvalue weighted by atomic mass is 35.5. The predicted octanol–water partition coefficient (Wildman–Crippen LogP) is 1.66. The number of halogens is 1. The number of piperazine rings is 1. The van der Waals surface area contributed by atoms with Gasteiger partial charge in [0.05, 0.1) is 11.6 Å². The van der Waals surface area contributed by atoms with Crippen LogP contribution < -0.4 is 0 Å². The standard InChI is InChI=1S/C17H24ClN3O3S/c18-15-6-2-3-7-16(15)25(23,24)21-12-10-19(11-13-21)14-17(22)20-8-4-1-5-9-20/h2-3,6-7H,1,4-5,8-14H2. The lowest BCUT2D eigenvalue weighted by Gasteiger charge is -2.35. The second-order valence-corrected chi connectivity index (χ2v) is 8.87. The van der Waals surface area contributed by atoms with Crippen molar-refractivity contribution in [2.24, 2.45) is 0 Å². The van der Waals surface area contributed by atoms with E-state index < -0.39 is 10.0 Å². The number of carbonyl (C=O) groups excluding carboxylic acids is 1. The lowest BCUT2D eigenvalue weighted by Crippen LogP contribution is -2.51. The molecule has 25 heavy (non-hydrogen) atoms. The van der Waals surface area contributed by atoms with Crippen LogP contribution in [0.4, 0.5) is 0 Å². The Morgan fingerprint density at radius 3 is 2.24 bits per heavy atom. The summed E-state index contributed by atoms with van der Waals surface area (Å²) in [7, 11) is -3.59. The van der Waals surface area contributed by atoms with E-state index in [-0.39, 0.29) is 15.8 Å². The first-order valence-electron chi connectivity index (χ1n) is 8.73. The van der Waals surface area contributed by atoms with Crippen LogP contribution in [0.25, 0.3) is 0 Å². The van der Waals surface area contributed by atoms with Gasteiger partial charge < -0.3 is 4.90 Å². The van der Waals surface area contributed by atoms with E-state index in [2.05, 4.69) is 0 Å². The van der Waals surface area contributed by atoms with Gasteiger partial charge in [-0.15, -0.1) is 0 Å². The summed E-state index contributed by atoms with van der Waals surface area (Å²) in [4.78, 5) is 16.5. The number of hydrogen-bond acceptors (Lipinski definition) is 4. The molecule has 0 spiro atoms. The molecule has 2 fully saturated rings. The van der Waals surface area contributed by atoms with Gasteiger partial charge in [-0.3, -0.25) is 9.69 Å². The smallest absolute Gasteiger partial charge is 0.244 e. The largest absolute Gasteiger partial charge is 0.342 e. The molecule has 1 aromatic carbocycles. The third-order valence-electron chi connectivity index (χ3n) is 4.85. The van der Waals surface area contributed by atoms with Crippen molar-refractivity contribution in [1.29, 1.82) is 0 Å². The minimum absolute atomic E-state index is 0.148. The van der Waals surface area contributed by atoms with Gasteiger partial charge in [-0.1, -0.05) is 23.7 Å². The monoisotopic (exact) mass is 385 g/mol. The Hall–Kier alpha value is -1.15. The Labute approximate surface area is 154 Å². The second kappa shape index (κ2) is 8.03. The molecule has 0 bridgehead atoms. The molecule has 1 aromatic rings. The molecule has 3 rings (SSSR count). The van der Waals surface area contributed by atoms with Crippen molar-refractivity contribution in [3.63, 3.8) is 0 Å². The molecule has 2 aliphatic rings. The van der Waals surface area contributed by atoms with E-state index in [0.29, 0.717) is 32.7 Å². The van der Waals surface area contributed by atoms with Crippen molar-refractivity contribution in [2.45, 2.75) is 24.2 Å². The number of hydrogen-bond donors (Lipinski definition) is 0. The first-order chi connectivity index (χ1) is 12.0. The SMILES string of the molecule is O=C(CN1CCN(S(=O)(=O)c2ccccc2Cl)CC1)N1CCCCC1. The van der Waals surface area contributed by atoms with Gasteiger partial charge in [0.25, 0.3) is 0 Å².